The highest BCUT2D eigenvalue weighted by atomic mass is 16.5. The minimum absolute atomic E-state index is 0.00499. The average molecular weight is 472 g/mol. The Kier molecular flexibility index (Phi) is 8.03. The average Bonchev–Trinajstić information content (AvgIpc) is 2.91. The van der Waals surface area contributed by atoms with Gasteiger partial charge in [-0.3, -0.25) is 4.79 Å². The van der Waals surface area contributed by atoms with E-state index in [1.54, 1.807) is 19.0 Å². The molecule has 1 aliphatic rings. The molecule has 0 unspecified atom stereocenters. The molecule has 3 aromatic carbocycles. The standard InChI is InChI=1S/C29H33N3O3/c1-30(2)29(34)31-19-17-25(18-20-31)28(33)32(26-11-7-4-8-12-26)21-23-13-15-27(16-14-23)35-22-24-9-5-3-6-10-24/h3-16,25H,17-22H2,1-2H3. The van der Waals surface area contributed by atoms with Crippen LogP contribution in [0.15, 0.2) is 84.9 Å². The lowest BCUT2D eigenvalue weighted by Gasteiger charge is -2.35. The number of rotatable bonds is 7. The Labute approximate surface area is 207 Å². The second-order valence-electron chi connectivity index (χ2n) is 9.12. The largest absolute Gasteiger partial charge is 0.489 e. The summed E-state index contributed by atoms with van der Waals surface area (Å²) in [7, 11) is 3.52. The van der Waals surface area contributed by atoms with Crippen LogP contribution in [-0.4, -0.2) is 48.9 Å². The Morgan fingerprint density at radius 2 is 1.43 bits per heavy atom. The molecule has 1 heterocycles. The summed E-state index contributed by atoms with van der Waals surface area (Å²) in [5.41, 5.74) is 3.04. The summed E-state index contributed by atoms with van der Waals surface area (Å²) in [5.74, 6) is 0.806. The highest BCUT2D eigenvalue weighted by Crippen LogP contribution is 2.26. The van der Waals surface area contributed by atoms with Gasteiger partial charge in [-0.1, -0.05) is 60.7 Å². The second-order valence-corrected chi connectivity index (χ2v) is 9.12. The van der Waals surface area contributed by atoms with Crippen molar-refractivity contribution >= 4 is 17.6 Å². The van der Waals surface area contributed by atoms with Crippen LogP contribution < -0.4 is 9.64 Å². The first-order valence-corrected chi connectivity index (χ1v) is 12.1. The molecule has 0 aromatic heterocycles. The molecule has 3 amide bonds. The number of urea groups is 1. The zero-order valence-corrected chi connectivity index (χ0v) is 20.5. The summed E-state index contributed by atoms with van der Waals surface area (Å²) in [5, 5.41) is 0. The van der Waals surface area contributed by atoms with Crippen LogP contribution in [0.5, 0.6) is 5.75 Å². The number of para-hydroxylation sites is 1. The molecule has 0 aliphatic carbocycles. The maximum Gasteiger partial charge on any atom is 0.319 e. The predicted octanol–water partition coefficient (Wildman–Crippen LogP) is 5.19. The fraction of sp³-hybridized carbons (Fsp3) is 0.310. The van der Waals surface area contributed by atoms with Crippen LogP contribution in [0.3, 0.4) is 0 Å². The lowest BCUT2D eigenvalue weighted by molar-refractivity contribution is -0.123. The molecule has 6 heteroatoms. The Morgan fingerprint density at radius 1 is 0.829 bits per heavy atom. The lowest BCUT2D eigenvalue weighted by atomic mass is 9.95. The fourth-order valence-corrected chi connectivity index (χ4v) is 4.34. The number of amides is 3. The smallest absolute Gasteiger partial charge is 0.319 e. The molecule has 0 spiro atoms. The molecule has 1 fully saturated rings. The van der Waals surface area contributed by atoms with E-state index in [1.807, 2.05) is 94.7 Å². The van der Waals surface area contributed by atoms with E-state index in [-0.39, 0.29) is 17.9 Å². The topological polar surface area (TPSA) is 53.1 Å². The van der Waals surface area contributed by atoms with Crippen molar-refractivity contribution in [3.05, 3.63) is 96.1 Å². The van der Waals surface area contributed by atoms with Gasteiger partial charge in [0.15, 0.2) is 0 Å². The summed E-state index contributed by atoms with van der Waals surface area (Å²) >= 11 is 0. The number of ether oxygens (including phenoxy) is 1. The van der Waals surface area contributed by atoms with E-state index in [4.69, 9.17) is 4.74 Å². The van der Waals surface area contributed by atoms with Crippen LogP contribution in [0.25, 0.3) is 0 Å². The SMILES string of the molecule is CN(C)C(=O)N1CCC(C(=O)N(Cc2ccc(OCc3ccccc3)cc2)c2ccccc2)CC1. The van der Waals surface area contributed by atoms with Crippen molar-refractivity contribution in [2.24, 2.45) is 5.92 Å². The second kappa shape index (κ2) is 11.6. The van der Waals surface area contributed by atoms with Gasteiger partial charge in [0.2, 0.25) is 5.91 Å². The van der Waals surface area contributed by atoms with Gasteiger partial charge in [-0.2, -0.15) is 0 Å². The van der Waals surface area contributed by atoms with Gasteiger partial charge >= 0.3 is 6.03 Å². The number of nitrogens with zero attached hydrogens (tertiary/aromatic N) is 3. The van der Waals surface area contributed by atoms with Crippen molar-refractivity contribution in [2.45, 2.75) is 26.0 Å². The minimum atomic E-state index is -0.102. The van der Waals surface area contributed by atoms with E-state index in [0.717, 1.165) is 22.6 Å². The van der Waals surface area contributed by atoms with Crippen LogP contribution in [0.1, 0.15) is 24.0 Å². The molecule has 35 heavy (non-hydrogen) atoms. The highest BCUT2D eigenvalue weighted by molar-refractivity contribution is 5.95. The molecule has 0 saturated carbocycles. The molecule has 0 bridgehead atoms. The van der Waals surface area contributed by atoms with E-state index < -0.39 is 0 Å². The number of piperidine rings is 1. The Balaban J connectivity index is 1.42. The zero-order valence-electron chi connectivity index (χ0n) is 20.5. The van der Waals surface area contributed by atoms with Crippen molar-refractivity contribution in [3.63, 3.8) is 0 Å². The molecular weight excluding hydrogens is 438 g/mol. The first kappa shape index (κ1) is 24.3. The van der Waals surface area contributed by atoms with Gasteiger partial charge in [-0.25, -0.2) is 4.79 Å². The first-order valence-electron chi connectivity index (χ1n) is 12.1. The monoisotopic (exact) mass is 471 g/mol. The fourth-order valence-electron chi connectivity index (χ4n) is 4.34. The minimum Gasteiger partial charge on any atom is -0.489 e. The number of hydrogen-bond donors (Lipinski definition) is 0. The van der Waals surface area contributed by atoms with E-state index >= 15 is 0 Å². The quantitative estimate of drug-likeness (QED) is 0.476. The van der Waals surface area contributed by atoms with Crippen molar-refractivity contribution in [3.8, 4) is 5.75 Å². The van der Waals surface area contributed by atoms with Gasteiger partial charge in [0.05, 0.1) is 6.54 Å². The molecule has 0 N–H and O–H groups in total. The highest BCUT2D eigenvalue weighted by Gasteiger charge is 2.31. The van der Waals surface area contributed by atoms with E-state index in [1.165, 1.54) is 0 Å². The van der Waals surface area contributed by atoms with Gasteiger partial charge in [0.1, 0.15) is 12.4 Å². The third-order valence-corrected chi connectivity index (χ3v) is 6.34. The van der Waals surface area contributed by atoms with Crippen LogP contribution in [0.2, 0.25) is 0 Å². The molecular formula is C29H33N3O3. The third-order valence-electron chi connectivity index (χ3n) is 6.34. The number of anilines is 1. The summed E-state index contributed by atoms with van der Waals surface area (Å²) < 4.78 is 5.91. The van der Waals surface area contributed by atoms with Crippen molar-refractivity contribution < 1.29 is 14.3 Å². The Hall–Kier alpha value is -3.80. The molecule has 1 aliphatic heterocycles. The van der Waals surface area contributed by atoms with Crippen molar-refractivity contribution in [1.82, 2.24) is 9.80 Å². The number of likely N-dealkylation sites (tertiary alicyclic amines) is 1. The van der Waals surface area contributed by atoms with Crippen LogP contribution in [0, 0.1) is 5.92 Å². The summed E-state index contributed by atoms with van der Waals surface area (Å²) in [6.45, 7) is 2.20. The molecule has 1 saturated heterocycles. The molecule has 4 rings (SSSR count). The summed E-state index contributed by atoms with van der Waals surface area (Å²) in [6.07, 6.45) is 1.35. The number of carbonyl (C=O) groups excluding carboxylic acids is 2. The number of benzene rings is 3. The van der Waals surface area contributed by atoms with Gasteiger partial charge < -0.3 is 19.4 Å². The molecule has 182 valence electrons. The maximum absolute atomic E-state index is 13.6. The van der Waals surface area contributed by atoms with E-state index in [9.17, 15) is 9.59 Å². The summed E-state index contributed by atoms with van der Waals surface area (Å²) in [4.78, 5) is 31.2. The van der Waals surface area contributed by atoms with Gasteiger partial charge in [0.25, 0.3) is 0 Å². The lowest BCUT2D eigenvalue weighted by Crippen LogP contribution is -2.47. The third kappa shape index (κ3) is 6.41. The van der Waals surface area contributed by atoms with Gasteiger partial charge in [-0.05, 0) is 48.2 Å². The van der Waals surface area contributed by atoms with Crippen molar-refractivity contribution in [1.29, 1.82) is 0 Å². The van der Waals surface area contributed by atoms with Crippen LogP contribution >= 0.6 is 0 Å². The van der Waals surface area contributed by atoms with E-state index in [2.05, 4.69) is 0 Å². The van der Waals surface area contributed by atoms with Crippen LogP contribution in [0.4, 0.5) is 10.5 Å². The van der Waals surface area contributed by atoms with Crippen molar-refractivity contribution in [2.75, 3.05) is 32.1 Å². The van der Waals surface area contributed by atoms with Gasteiger partial charge in [0, 0.05) is 38.8 Å². The molecule has 6 nitrogen and oxygen atoms in total. The summed E-state index contributed by atoms with van der Waals surface area (Å²) in [6, 6.07) is 27.8. The number of carbonyl (C=O) groups is 2. The van der Waals surface area contributed by atoms with Crippen LogP contribution in [-0.2, 0) is 17.9 Å². The maximum atomic E-state index is 13.6. The normalized spacial score (nSPS) is 13.8. The molecule has 0 atom stereocenters. The number of hydrogen-bond acceptors (Lipinski definition) is 3. The Bertz CT molecular complexity index is 1090. The first-order chi connectivity index (χ1) is 17.0. The molecule has 3 aromatic rings. The van der Waals surface area contributed by atoms with E-state index in [0.29, 0.717) is 39.1 Å². The predicted molar refractivity (Wildman–Crippen MR) is 138 cm³/mol. The Morgan fingerprint density at radius 3 is 2.03 bits per heavy atom. The van der Waals surface area contributed by atoms with Gasteiger partial charge in [-0.15, -0.1) is 0 Å². The molecule has 0 radical (unpaired) electrons. The zero-order chi connectivity index (χ0) is 24.6.